The van der Waals surface area contributed by atoms with E-state index in [4.69, 9.17) is 17.0 Å². The standard InChI is InChI=1S/C17H19BrN2O3S/c1-3-20-11-5-4-6-12(21)14(11)15(19-17(20)24)10-7-9(18)8-13(23-2)16(10)22/h7-8,15,22H,3-6H2,1-2H3,(H,19,24). The molecule has 2 aliphatic rings. The summed E-state index contributed by atoms with van der Waals surface area (Å²) >= 11 is 8.93. The first-order valence-corrected chi connectivity index (χ1v) is 9.08. The van der Waals surface area contributed by atoms with Gasteiger partial charge in [-0.25, -0.2) is 0 Å². The Kier molecular flexibility index (Phi) is 4.83. The van der Waals surface area contributed by atoms with Gasteiger partial charge in [-0.15, -0.1) is 0 Å². The summed E-state index contributed by atoms with van der Waals surface area (Å²) in [4.78, 5) is 14.6. The number of thiocarbonyl (C=S) groups is 1. The van der Waals surface area contributed by atoms with E-state index in [9.17, 15) is 9.90 Å². The van der Waals surface area contributed by atoms with Crippen molar-refractivity contribution in [1.29, 1.82) is 0 Å². The molecule has 0 radical (unpaired) electrons. The number of hydrogen-bond donors (Lipinski definition) is 2. The molecule has 1 heterocycles. The highest BCUT2D eigenvalue weighted by Gasteiger charge is 2.38. The van der Waals surface area contributed by atoms with E-state index in [1.54, 1.807) is 12.1 Å². The number of hydrogen-bond acceptors (Lipinski definition) is 4. The molecule has 0 bridgehead atoms. The number of rotatable bonds is 3. The van der Waals surface area contributed by atoms with Crippen molar-refractivity contribution < 1.29 is 14.6 Å². The SMILES string of the molecule is CCN1C(=S)NC(c2cc(Br)cc(OC)c2O)C2=C1CCCC2=O. The molecule has 1 unspecified atom stereocenters. The average molecular weight is 411 g/mol. The van der Waals surface area contributed by atoms with Crippen LogP contribution in [0.15, 0.2) is 27.9 Å². The number of carbonyl (C=O) groups excluding carboxylic acids is 1. The molecule has 0 spiro atoms. The van der Waals surface area contributed by atoms with Crippen LogP contribution in [0.3, 0.4) is 0 Å². The van der Waals surface area contributed by atoms with E-state index >= 15 is 0 Å². The Hall–Kier alpha value is -1.60. The molecule has 2 N–H and O–H groups in total. The lowest BCUT2D eigenvalue weighted by atomic mass is 9.84. The summed E-state index contributed by atoms with van der Waals surface area (Å²) in [6, 6.07) is 3.03. The van der Waals surface area contributed by atoms with Crippen LogP contribution in [0.25, 0.3) is 0 Å². The fourth-order valence-electron chi connectivity index (χ4n) is 3.39. The number of Topliss-reactive ketones (excluding diaryl/α,β-unsaturated/α-hetero) is 1. The van der Waals surface area contributed by atoms with Crippen LogP contribution < -0.4 is 10.1 Å². The lowest BCUT2D eigenvalue weighted by Gasteiger charge is -2.40. The molecule has 7 heteroatoms. The van der Waals surface area contributed by atoms with E-state index in [0.717, 1.165) is 23.0 Å². The van der Waals surface area contributed by atoms with E-state index in [2.05, 4.69) is 21.2 Å². The van der Waals surface area contributed by atoms with Crippen molar-refractivity contribution in [1.82, 2.24) is 10.2 Å². The Morgan fingerprint density at radius 2 is 2.21 bits per heavy atom. The van der Waals surface area contributed by atoms with Crippen molar-refractivity contribution in [2.24, 2.45) is 0 Å². The number of allylic oxidation sites excluding steroid dienone is 1. The summed E-state index contributed by atoms with van der Waals surface area (Å²) in [5.41, 5.74) is 2.26. The van der Waals surface area contributed by atoms with Gasteiger partial charge in [-0.1, -0.05) is 15.9 Å². The van der Waals surface area contributed by atoms with Crippen LogP contribution in [0.1, 0.15) is 37.8 Å². The molecule has 1 atom stereocenters. The van der Waals surface area contributed by atoms with E-state index < -0.39 is 6.04 Å². The highest BCUT2D eigenvalue weighted by atomic mass is 79.9. The zero-order valence-electron chi connectivity index (χ0n) is 13.6. The molecule has 1 aromatic rings. The first-order chi connectivity index (χ1) is 11.5. The van der Waals surface area contributed by atoms with Crippen molar-refractivity contribution in [3.8, 4) is 11.5 Å². The van der Waals surface area contributed by atoms with Gasteiger partial charge in [0.15, 0.2) is 22.4 Å². The maximum atomic E-state index is 12.6. The molecule has 0 saturated heterocycles. The molecular weight excluding hydrogens is 392 g/mol. The van der Waals surface area contributed by atoms with Crippen LogP contribution in [0.2, 0.25) is 0 Å². The van der Waals surface area contributed by atoms with Crippen LogP contribution >= 0.6 is 28.1 Å². The molecule has 1 aliphatic carbocycles. The summed E-state index contributed by atoms with van der Waals surface area (Å²) in [6.45, 7) is 2.72. The molecule has 24 heavy (non-hydrogen) atoms. The number of ether oxygens (including phenoxy) is 1. The fraction of sp³-hybridized carbons (Fsp3) is 0.412. The number of methoxy groups -OCH3 is 1. The Labute approximate surface area is 154 Å². The summed E-state index contributed by atoms with van der Waals surface area (Å²) in [6.07, 6.45) is 2.17. The topological polar surface area (TPSA) is 61.8 Å². The lowest BCUT2D eigenvalue weighted by molar-refractivity contribution is -0.116. The quantitative estimate of drug-likeness (QED) is 0.744. The highest BCUT2D eigenvalue weighted by Crippen LogP contribution is 2.43. The normalized spacial score (nSPS) is 20.8. The third-order valence-corrected chi connectivity index (χ3v) is 5.27. The van der Waals surface area contributed by atoms with Gasteiger partial charge < -0.3 is 20.1 Å². The number of nitrogens with zero attached hydrogens (tertiary/aromatic N) is 1. The van der Waals surface area contributed by atoms with Crippen LogP contribution in [-0.4, -0.2) is 34.6 Å². The van der Waals surface area contributed by atoms with Crippen LogP contribution in [-0.2, 0) is 4.79 Å². The number of carbonyl (C=O) groups is 1. The number of phenols is 1. The highest BCUT2D eigenvalue weighted by molar-refractivity contribution is 9.10. The van der Waals surface area contributed by atoms with E-state index in [1.165, 1.54) is 7.11 Å². The Balaban J connectivity index is 2.19. The van der Waals surface area contributed by atoms with Crippen LogP contribution in [0.5, 0.6) is 11.5 Å². The Morgan fingerprint density at radius 1 is 1.46 bits per heavy atom. The van der Waals surface area contributed by atoms with Crippen molar-refractivity contribution in [3.63, 3.8) is 0 Å². The molecule has 1 aromatic carbocycles. The first kappa shape index (κ1) is 17.2. The van der Waals surface area contributed by atoms with E-state index in [1.807, 2.05) is 11.8 Å². The molecule has 3 rings (SSSR count). The minimum absolute atomic E-state index is 0.0242. The number of benzene rings is 1. The number of halogens is 1. The van der Waals surface area contributed by atoms with Gasteiger partial charge in [0.1, 0.15) is 0 Å². The Bertz CT molecular complexity index is 748. The molecule has 0 fully saturated rings. The predicted molar refractivity (Wildman–Crippen MR) is 99.1 cm³/mol. The van der Waals surface area contributed by atoms with Crippen LogP contribution in [0, 0.1) is 0 Å². The molecule has 0 amide bonds. The molecule has 128 valence electrons. The zero-order valence-corrected chi connectivity index (χ0v) is 16.0. The maximum absolute atomic E-state index is 12.6. The van der Waals surface area contributed by atoms with Gasteiger partial charge in [-0.05, 0) is 44.1 Å². The van der Waals surface area contributed by atoms with Crippen molar-refractivity contribution in [3.05, 3.63) is 33.4 Å². The number of phenolic OH excluding ortho intramolecular Hbond substituents is 1. The van der Waals surface area contributed by atoms with Crippen LogP contribution in [0.4, 0.5) is 0 Å². The molecule has 1 aliphatic heterocycles. The second-order valence-electron chi connectivity index (χ2n) is 5.81. The largest absolute Gasteiger partial charge is 0.504 e. The summed E-state index contributed by atoms with van der Waals surface area (Å²) < 4.78 is 6.00. The smallest absolute Gasteiger partial charge is 0.173 e. The van der Waals surface area contributed by atoms with E-state index in [-0.39, 0.29) is 11.5 Å². The van der Waals surface area contributed by atoms with Gasteiger partial charge in [0.2, 0.25) is 0 Å². The number of nitrogens with one attached hydrogen (secondary N) is 1. The third kappa shape index (κ3) is 2.80. The fourth-order valence-corrected chi connectivity index (χ4v) is 4.20. The minimum Gasteiger partial charge on any atom is -0.504 e. The first-order valence-electron chi connectivity index (χ1n) is 7.88. The summed E-state index contributed by atoms with van der Waals surface area (Å²) in [5.74, 6) is 0.486. The second kappa shape index (κ2) is 6.72. The van der Waals surface area contributed by atoms with Crippen molar-refractivity contribution >= 4 is 39.0 Å². The number of aromatic hydroxyl groups is 1. The maximum Gasteiger partial charge on any atom is 0.173 e. The van der Waals surface area contributed by atoms with Gasteiger partial charge in [0.05, 0.1) is 13.2 Å². The van der Waals surface area contributed by atoms with Gasteiger partial charge in [0.25, 0.3) is 0 Å². The Morgan fingerprint density at radius 3 is 2.88 bits per heavy atom. The molecular formula is C17H19BrN2O3S. The molecule has 0 aromatic heterocycles. The van der Waals surface area contributed by atoms with Crippen molar-refractivity contribution in [2.75, 3.05) is 13.7 Å². The monoisotopic (exact) mass is 410 g/mol. The van der Waals surface area contributed by atoms with Gasteiger partial charge in [-0.3, -0.25) is 4.79 Å². The second-order valence-corrected chi connectivity index (χ2v) is 7.11. The van der Waals surface area contributed by atoms with E-state index in [0.29, 0.717) is 35.0 Å². The average Bonchev–Trinajstić information content (AvgIpc) is 2.56. The van der Waals surface area contributed by atoms with Gasteiger partial charge in [0, 0.05) is 34.3 Å². The van der Waals surface area contributed by atoms with Gasteiger partial charge in [-0.2, -0.15) is 0 Å². The predicted octanol–water partition coefficient (Wildman–Crippen LogP) is 3.42. The van der Waals surface area contributed by atoms with Gasteiger partial charge >= 0.3 is 0 Å². The summed E-state index contributed by atoms with van der Waals surface area (Å²) in [7, 11) is 1.50. The molecule has 0 saturated carbocycles. The number of ketones is 1. The summed E-state index contributed by atoms with van der Waals surface area (Å²) in [5, 5.41) is 14.4. The minimum atomic E-state index is -0.463. The molecule has 5 nitrogen and oxygen atoms in total. The lowest BCUT2D eigenvalue weighted by Crippen LogP contribution is -2.49. The third-order valence-electron chi connectivity index (χ3n) is 4.47. The van der Waals surface area contributed by atoms with Crippen molar-refractivity contribution in [2.45, 2.75) is 32.2 Å². The zero-order chi connectivity index (χ0) is 17.4.